The molecule has 2 saturated carbocycles. The summed E-state index contributed by atoms with van der Waals surface area (Å²) in [5, 5.41) is 0.653. The van der Waals surface area contributed by atoms with E-state index >= 15 is 0 Å². The number of morpholine rings is 1. The van der Waals surface area contributed by atoms with Crippen molar-refractivity contribution in [2.45, 2.75) is 61.7 Å². The Balaban J connectivity index is 1.15. The molecular weight excluding hydrogens is 564 g/mol. The summed E-state index contributed by atoms with van der Waals surface area (Å²) in [7, 11) is -1.64. The smallest absolute Gasteiger partial charge is 0.237 e. The molecule has 2 saturated heterocycles. The van der Waals surface area contributed by atoms with Crippen LogP contribution in [0.15, 0.2) is 36.7 Å². The number of ether oxygens (including phenoxy) is 1. The molecule has 3 aromatic rings. The molecular formula is C32H38N6O4S. The fourth-order valence-electron chi connectivity index (χ4n) is 7.59. The minimum Gasteiger partial charge on any atom is -0.379 e. The third-order valence-electron chi connectivity index (χ3n) is 10.4. The number of carbonyl (C=O) groups is 1. The van der Waals surface area contributed by atoms with E-state index in [1.807, 2.05) is 37.6 Å². The molecule has 8 rings (SSSR count). The highest BCUT2D eigenvalue weighted by Crippen LogP contribution is 2.55. The van der Waals surface area contributed by atoms with Crippen LogP contribution in [0.1, 0.15) is 50.5 Å². The molecule has 2 aliphatic carbocycles. The molecule has 1 aromatic carbocycles. The predicted octanol–water partition coefficient (Wildman–Crippen LogP) is 3.90. The van der Waals surface area contributed by atoms with E-state index in [1.165, 1.54) is 0 Å². The molecule has 43 heavy (non-hydrogen) atoms. The summed E-state index contributed by atoms with van der Waals surface area (Å²) >= 11 is 0. The maximum Gasteiger partial charge on any atom is 0.237 e. The lowest BCUT2D eigenvalue weighted by molar-refractivity contribution is -0.125. The Labute approximate surface area is 252 Å². The summed E-state index contributed by atoms with van der Waals surface area (Å²) in [5.41, 5.74) is 4.68. The van der Waals surface area contributed by atoms with E-state index in [1.54, 1.807) is 4.90 Å². The van der Waals surface area contributed by atoms with Crippen molar-refractivity contribution in [1.29, 1.82) is 0 Å². The zero-order chi connectivity index (χ0) is 29.3. The van der Waals surface area contributed by atoms with Crippen molar-refractivity contribution in [3.05, 3.63) is 42.2 Å². The Morgan fingerprint density at radius 1 is 0.953 bits per heavy atom. The highest BCUT2D eigenvalue weighted by Gasteiger charge is 2.54. The average Bonchev–Trinajstić information content (AvgIpc) is 3.84. The Kier molecular flexibility index (Phi) is 6.43. The number of hydrogen-bond donors (Lipinski definition) is 1. The van der Waals surface area contributed by atoms with E-state index in [4.69, 9.17) is 9.72 Å². The van der Waals surface area contributed by atoms with Crippen molar-refractivity contribution in [1.82, 2.24) is 14.9 Å². The summed E-state index contributed by atoms with van der Waals surface area (Å²) in [5.74, 6) is 0.853. The molecule has 0 bridgehead atoms. The SMILES string of the molecule is CN1C(=O)C2(CCC2)c2c1cnc1ccc(-c3cnc(N4CCC(N5CCOCC5)CC4)c(NS(=O)(=O)C4CC4)c3)cc21. The number of sulfonamides is 1. The summed E-state index contributed by atoms with van der Waals surface area (Å²) < 4.78 is 34.8. The number of pyridine rings is 2. The molecule has 5 aliphatic rings. The van der Waals surface area contributed by atoms with Gasteiger partial charge in [-0.1, -0.05) is 12.5 Å². The lowest BCUT2D eigenvalue weighted by Gasteiger charge is -2.40. The van der Waals surface area contributed by atoms with Crippen molar-refractivity contribution < 1.29 is 17.9 Å². The number of hydrogen-bond acceptors (Lipinski definition) is 8. The van der Waals surface area contributed by atoms with Gasteiger partial charge in [-0.05, 0) is 62.3 Å². The molecule has 0 radical (unpaired) electrons. The molecule has 1 N–H and O–H groups in total. The van der Waals surface area contributed by atoms with Crippen LogP contribution < -0.4 is 14.5 Å². The second-order valence-electron chi connectivity index (χ2n) is 12.9. The Morgan fingerprint density at radius 3 is 2.42 bits per heavy atom. The molecule has 10 nitrogen and oxygen atoms in total. The first-order valence-corrected chi connectivity index (χ1v) is 17.2. The number of aromatic nitrogens is 2. The van der Waals surface area contributed by atoms with Crippen LogP contribution in [0.4, 0.5) is 17.2 Å². The van der Waals surface area contributed by atoms with Crippen LogP contribution in [0, 0.1) is 0 Å². The van der Waals surface area contributed by atoms with Gasteiger partial charge in [-0.3, -0.25) is 19.4 Å². The first-order chi connectivity index (χ1) is 20.8. The van der Waals surface area contributed by atoms with Gasteiger partial charge in [0.2, 0.25) is 15.9 Å². The largest absolute Gasteiger partial charge is 0.379 e. The van der Waals surface area contributed by atoms with Crippen molar-refractivity contribution in [2.24, 2.45) is 0 Å². The monoisotopic (exact) mass is 602 g/mol. The normalized spacial score (nSPS) is 22.7. The molecule has 4 fully saturated rings. The van der Waals surface area contributed by atoms with Crippen molar-refractivity contribution in [2.75, 3.05) is 61.0 Å². The zero-order valence-electron chi connectivity index (χ0n) is 24.6. The van der Waals surface area contributed by atoms with Gasteiger partial charge >= 0.3 is 0 Å². The van der Waals surface area contributed by atoms with Crippen LogP contribution in [0.25, 0.3) is 22.0 Å². The average molecular weight is 603 g/mol. The number of amides is 1. The van der Waals surface area contributed by atoms with Crippen LogP contribution in [-0.4, -0.2) is 86.9 Å². The van der Waals surface area contributed by atoms with Crippen molar-refractivity contribution in [3.63, 3.8) is 0 Å². The Hall–Kier alpha value is -3.28. The van der Waals surface area contributed by atoms with Crippen LogP contribution in [0.5, 0.6) is 0 Å². The van der Waals surface area contributed by atoms with E-state index in [9.17, 15) is 13.2 Å². The van der Waals surface area contributed by atoms with Gasteiger partial charge in [0.05, 0.1) is 47.0 Å². The lowest BCUT2D eigenvalue weighted by Crippen LogP contribution is -2.49. The number of carbonyl (C=O) groups excluding carboxylic acids is 1. The van der Waals surface area contributed by atoms with Crippen LogP contribution >= 0.6 is 0 Å². The third kappa shape index (κ3) is 4.50. The van der Waals surface area contributed by atoms with E-state index in [-0.39, 0.29) is 11.2 Å². The van der Waals surface area contributed by atoms with E-state index in [0.717, 1.165) is 105 Å². The summed E-state index contributed by atoms with van der Waals surface area (Å²) in [6, 6.07) is 8.57. The number of fused-ring (bicyclic) bond motifs is 4. The number of nitrogens with zero attached hydrogens (tertiary/aromatic N) is 5. The molecule has 1 amide bonds. The summed E-state index contributed by atoms with van der Waals surface area (Å²) in [6.45, 7) is 5.17. The third-order valence-corrected chi connectivity index (χ3v) is 12.2. The van der Waals surface area contributed by atoms with Gasteiger partial charge < -0.3 is 14.5 Å². The van der Waals surface area contributed by atoms with Crippen LogP contribution in [-0.2, 0) is 25.0 Å². The molecule has 5 heterocycles. The highest BCUT2D eigenvalue weighted by atomic mass is 32.2. The molecule has 1 spiro atoms. The fraction of sp³-hybridized carbons (Fsp3) is 0.531. The number of nitrogens with one attached hydrogen (secondary N) is 1. The molecule has 226 valence electrons. The molecule has 3 aliphatic heterocycles. The van der Waals surface area contributed by atoms with Gasteiger partial charge in [0, 0.05) is 62.0 Å². The maximum absolute atomic E-state index is 13.3. The number of anilines is 3. The first-order valence-electron chi connectivity index (χ1n) is 15.6. The van der Waals surface area contributed by atoms with E-state index < -0.39 is 15.4 Å². The molecule has 2 aromatic heterocycles. The van der Waals surface area contributed by atoms with Gasteiger partial charge in [0.25, 0.3) is 0 Å². The molecule has 0 atom stereocenters. The standard InChI is InChI=1S/C32H38N6O4S/c1-36-28-20-33-26-6-3-21(17-25(26)29(28)32(31(36)39)9-2-10-32)22-18-27(35-43(40,41)24-4-5-24)30(34-19-22)38-11-7-23(8-12-38)37-13-15-42-16-14-37/h3,6,17-20,23-24,35H,2,4-5,7-16H2,1H3. The second-order valence-corrected chi connectivity index (χ2v) is 14.8. The number of likely N-dealkylation sites (N-methyl/N-ethyl adjacent to an activating group) is 1. The van der Waals surface area contributed by atoms with E-state index in [2.05, 4.69) is 25.6 Å². The Bertz CT molecular complexity index is 1710. The minimum atomic E-state index is -3.49. The minimum absolute atomic E-state index is 0.161. The molecule has 11 heteroatoms. The quantitative estimate of drug-likeness (QED) is 0.453. The lowest BCUT2D eigenvalue weighted by atomic mass is 9.64. The van der Waals surface area contributed by atoms with Gasteiger partial charge in [0.1, 0.15) is 0 Å². The maximum atomic E-state index is 13.3. The highest BCUT2D eigenvalue weighted by molar-refractivity contribution is 7.93. The topological polar surface area (TPSA) is 108 Å². The predicted molar refractivity (Wildman–Crippen MR) is 167 cm³/mol. The van der Waals surface area contributed by atoms with Crippen molar-refractivity contribution in [3.8, 4) is 11.1 Å². The number of piperidine rings is 1. The number of rotatable bonds is 6. The van der Waals surface area contributed by atoms with Gasteiger partial charge in [-0.25, -0.2) is 13.4 Å². The summed E-state index contributed by atoms with van der Waals surface area (Å²) in [6.07, 6.45) is 9.85. The first kappa shape index (κ1) is 27.3. The van der Waals surface area contributed by atoms with Crippen molar-refractivity contribution >= 4 is 44.0 Å². The van der Waals surface area contributed by atoms with Gasteiger partial charge in [0.15, 0.2) is 5.82 Å². The fourth-order valence-corrected chi connectivity index (χ4v) is 8.97. The number of benzene rings is 1. The van der Waals surface area contributed by atoms with Gasteiger partial charge in [-0.2, -0.15) is 0 Å². The van der Waals surface area contributed by atoms with Crippen LogP contribution in [0.2, 0.25) is 0 Å². The second kappa shape index (κ2) is 10.1. The Morgan fingerprint density at radius 2 is 1.72 bits per heavy atom. The van der Waals surface area contributed by atoms with Crippen LogP contribution in [0.3, 0.4) is 0 Å². The van der Waals surface area contributed by atoms with E-state index in [0.29, 0.717) is 30.4 Å². The molecule has 0 unspecified atom stereocenters. The summed E-state index contributed by atoms with van der Waals surface area (Å²) in [4.78, 5) is 29.4. The van der Waals surface area contributed by atoms with Gasteiger partial charge in [-0.15, -0.1) is 0 Å². The zero-order valence-corrected chi connectivity index (χ0v) is 25.4.